The molecule has 2 aromatic rings. The Morgan fingerprint density at radius 1 is 0.778 bits per heavy atom. The second kappa shape index (κ2) is 5.36. The molecule has 0 aliphatic rings. The van der Waals surface area contributed by atoms with Crippen molar-refractivity contribution in [2.45, 2.75) is 12.5 Å². The van der Waals surface area contributed by atoms with E-state index in [4.69, 9.17) is 0 Å². The number of hydrogen-bond donors (Lipinski definition) is 0. The summed E-state index contributed by atoms with van der Waals surface area (Å²) < 4.78 is 0.943. The maximum atomic E-state index is 2.26. The average molecular weight is 240 g/mol. The minimum atomic E-state index is 0.494. The minimum absolute atomic E-state index is 0.494. The van der Waals surface area contributed by atoms with Gasteiger partial charge in [-0.3, -0.25) is 0 Å². The van der Waals surface area contributed by atoms with Crippen molar-refractivity contribution in [2.75, 3.05) is 21.1 Å². The number of nitrogens with zero attached hydrogens (tertiary/aromatic N) is 1. The molecule has 0 aliphatic heterocycles. The standard InChI is InChI=1S/C17H22N/c1-18(2,3)17(16-12-8-5-9-13-16)14-15-10-6-4-7-11-15/h4-13,17H,14H2,1-3H3/q+1. The Hall–Kier alpha value is -1.60. The maximum Gasteiger partial charge on any atom is 0.118 e. The second-order valence-electron chi connectivity index (χ2n) is 5.73. The maximum absolute atomic E-state index is 2.26. The summed E-state index contributed by atoms with van der Waals surface area (Å²) in [6.07, 6.45) is 1.08. The average Bonchev–Trinajstić information content (AvgIpc) is 2.37. The molecule has 2 aromatic carbocycles. The van der Waals surface area contributed by atoms with E-state index in [2.05, 4.69) is 81.8 Å². The van der Waals surface area contributed by atoms with Gasteiger partial charge in [0.15, 0.2) is 0 Å². The molecule has 1 unspecified atom stereocenters. The highest BCUT2D eigenvalue weighted by Crippen LogP contribution is 2.27. The zero-order valence-corrected chi connectivity index (χ0v) is 11.5. The third-order valence-electron chi connectivity index (χ3n) is 3.39. The summed E-state index contributed by atoms with van der Waals surface area (Å²) in [6.45, 7) is 0. The van der Waals surface area contributed by atoms with Crippen molar-refractivity contribution in [2.24, 2.45) is 0 Å². The highest BCUT2D eigenvalue weighted by atomic mass is 15.3. The quantitative estimate of drug-likeness (QED) is 0.715. The lowest BCUT2D eigenvalue weighted by Gasteiger charge is -2.34. The highest BCUT2D eigenvalue weighted by molar-refractivity contribution is 5.22. The van der Waals surface area contributed by atoms with Gasteiger partial charge < -0.3 is 4.48 Å². The second-order valence-corrected chi connectivity index (χ2v) is 5.73. The minimum Gasteiger partial charge on any atom is -0.324 e. The van der Waals surface area contributed by atoms with Gasteiger partial charge in [-0.1, -0.05) is 60.7 Å². The summed E-state index contributed by atoms with van der Waals surface area (Å²) in [5.74, 6) is 0. The van der Waals surface area contributed by atoms with Crippen LogP contribution in [0.4, 0.5) is 0 Å². The van der Waals surface area contributed by atoms with Gasteiger partial charge in [-0.2, -0.15) is 0 Å². The van der Waals surface area contributed by atoms with Crippen LogP contribution in [0.5, 0.6) is 0 Å². The van der Waals surface area contributed by atoms with Crippen LogP contribution in [0.2, 0.25) is 0 Å². The molecule has 0 saturated heterocycles. The van der Waals surface area contributed by atoms with Crippen LogP contribution in [0.1, 0.15) is 17.2 Å². The molecule has 0 radical (unpaired) electrons. The Morgan fingerprint density at radius 2 is 1.28 bits per heavy atom. The Kier molecular flexibility index (Phi) is 3.83. The van der Waals surface area contributed by atoms with Gasteiger partial charge in [0, 0.05) is 12.0 Å². The van der Waals surface area contributed by atoms with Crippen molar-refractivity contribution in [1.29, 1.82) is 0 Å². The zero-order valence-electron chi connectivity index (χ0n) is 11.5. The predicted octanol–water partition coefficient (Wildman–Crippen LogP) is 3.68. The Morgan fingerprint density at radius 3 is 1.78 bits per heavy atom. The van der Waals surface area contributed by atoms with E-state index in [1.165, 1.54) is 11.1 Å². The molecule has 1 atom stereocenters. The summed E-state index contributed by atoms with van der Waals surface area (Å²) in [4.78, 5) is 0. The van der Waals surface area contributed by atoms with E-state index in [0.717, 1.165) is 10.9 Å². The molecule has 0 heterocycles. The molecule has 0 N–H and O–H groups in total. The number of rotatable bonds is 4. The van der Waals surface area contributed by atoms with Gasteiger partial charge in [0.1, 0.15) is 6.04 Å². The van der Waals surface area contributed by atoms with Gasteiger partial charge >= 0.3 is 0 Å². The fraction of sp³-hybridized carbons (Fsp3) is 0.294. The van der Waals surface area contributed by atoms with E-state index >= 15 is 0 Å². The van der Waals surface area contributed by atoms with Gasteiger partial charge in [0.2, 0.25) is 0 Å². The summed E-state index contributed by atoms with van der Waals surface area (Å²) in [7, 11) is 6.79. The van der Waals surface area contributed by atoms with Crippen LogP contribution in [0.3, 0.4) is 0 Å². The molecule has 1 nitrogen and oxygen atoms in total. The van der Waals surface area contributed by atoms with Crippen molar-refractivity contribution in [1.82, 2.24) is 0 Å². The predicted molar refractivity (Wildman–Crippen MR) is 77.4 cm³/mol. The van der Waals surface area contributed by atoms with Crippen LogP contribution in [0.25, 0.3) is 0 Å². The fourth-order valence-electron chi connectivity index (χ4n) is 2.35. The van der Waals surface area contributed by atoms with E-state index in [1.54, 1.807) is 0 Å². The molecule has 0 bridgehead atoms. The molecule has 0 aromatic heterocycles. The molecular formula is C17H22N+. The molecule has 0 aliphatic carbocycles. The third kappa shape index (κ3) is 3.21. The molecule has 18 heavy (non-hydrogen) atoms. The lowest BCUT2D eigenvalue weighted by atomic mass is 9.96. The van der Waals surface area contributed by atoms with Crippen molar-refractivity contribution in [3.63, 3.8) is 0 Å². The number of benzene rings is 2. The Labute approximate surface area is 110 Å². The molecule has 0 fully saturated rings. The van der Waals surface area contributed by atoms with Crippen molar-refractivity contribution in [3.05, 3.63) is 71.8 Å². The highest BCUT2D eigenvalue weighted by Gasteiger charge is 2.25. The van der Waals surface area contributed by atoms with Crippen LogP contribution in [-0.2, 0) is 6.42 Å². The smallest absolute Gasteiger partial charge is 0.118 e. The lowest BCUT2D eigenvalue weighted by Crippen LogP contribution is -2.40. The summed E-state index contributed by atoms with van der Waals surface area (Å²) in [6, 6.07) is 22.0. The molecular weight excluding hydrogens is 218 g/mol. The van der Waals surface area contributed by atoms with E-state index in [0.29, 0.717) is 6.04 Å². The topological polar surface area (TPSA) is 0 Å². The third-order valence-corrected chi connectivity index (χ3v) is 3.39. The molecule has 0 amide bonds. The fourth-order valence-corrected chi connectivity index (χ4v) is 2.35. The van der Waals surface area contributed by atoms with Crippen molar-refractivity contribution >= 4 is 0 Å². The summed E-state index contributed by atoms with van der Waals surface area (Å²) >= 11 is 0. The first-order valence-electron chi connectivity index (χ1n) is 6.47. The number of hydrogen-bond acceptors (Lipinski definition) is 0. The van der Waals surface area contributed by atoms with Crippen molar-refractivity contribution < 1.29 is 4.48 Å². The molecule has 2 rings (SSSR count). The van der Waals surface area contributed by atoms with Crippen LogP contribution >= 0.6 is 0 Å². The lowest BCUT2D eigenvalue weighted by molar-refractivity contribution is -0.902. The number of likely N-dealkylation sites (N-methyl/N-ethyl adjacent to an activating group) is 1. The van der Waals surface area contributed by atoms with E-state index in [-0.39, 0.29) is 0 Å². The first-order chi connectivity index (χ1) is 8.57. The van der Waals surface area contributed by atoms with Gasteiger partial charge in [-0.25, -0.2) is 0 Å². The molecule has 0 spiro atoms. The van der Waals surface area contributed by atoms with Gasteiger partial charge in [0.05, 0.1) is 21.1 Å². The van der Waals surface area contributed by atoms with Crippen LogP contribution in [0.15, 0.2) is 60.7 Å². The first kappa shape index (κ1) is 12.8. The van der Waals surface area contributed by atoms with Gasteiger partial charge in [-0.15, -0.1) is 0 Å². The summed E-state index contributed by atoms with van der Waals surface area (Å²) in [5, 5.41) is 0. The van der Waals surface area contributed by atoms with Gasteiger partial charge in [0.25, 0.3) is 0 Å². The molecule has 1 heteroatoms. The van der Waals surface area contributed by atoms with Gasteiger partial charge in [-0.05, 0) is 5.56 Å². The first-order valence-corrected chi connectivity index (χ1v) is 6.47. The summed E-state index contributed by atoms with van der Waals surface area (Å²) in [5.41, 5.74) is 2.81. The van der Waals surface area contributed by atoms with E-state index in [1.807, 2.05) is 0 Å². The Balaban J connectivity index is 2.28. The molecule has 0 saturated carbocycles. The van der Waals surface area contributed by atoms with E-state index in [9.17, 15) is 0 Å². The molecule has 94 valence electrons. The number of quaternary nitrogens is 1. The Bertz CT molecular complexity index is 468. The largest absolute Gasteiger partial charge is 0.324 e. The zero-order chi connectivity index (χ0) is 13.0. The normalized spacial score (nSPS) is 13.3. The SMILES string of the molecule is C[N+](C)(C)C(Cc1ccccc1)c1ccccc1. The van der Waals surface area contributed by atoms with Crippen LogP contribution < -0.4 is 0 Å². The monoisotopic (exact) mass is 240 g/mol. The van der Waals surface area contributed by atoms with Crippen LogP contribution in [0, 0.1) is 0 Å². The van der Waals surface area contributed by atoms with Crippen LogP contribution in [-0.4, -0.2) is 25.6 Å². The van der Waals surface area contributed by atoms with E-state index < -0.39 is 0 Å². The van der Waals surface area contributed by atoms with Crippen molar-refractivity contribution in [3.8, 4) is 0 Å².